The van der Waals surface area contributed by atoms with Crippen LogP contribution in [0.4, 0.5) is 0 Å². The van der Waals surface area contributed by atoms with Crippen LogP contribution >= 0.6 is 0 Å². The molecule has 3 nitrogen and oxygen atoms in total. The molecule has 1 atom stereocenters. The maximum Gasteiger partial charge on any atom is 0.180 e. The number of aliphatic hydroxyl groups excluding tert-OH is 1. The highest BCUT2D eigenvalue weighted by molar-refractivity contribution is 7.90. The van der Waals surface area contributed by atoms with E-state index in [-0.39, 0.29) is 0 Å². The normalized spacial score (nSPS) is 14.1. The Labute approximate surface area is 77.9 Å². The highest BCUT2D eigenvalue weighted by Crippen LogP contribution is 2.18. The van der Waals surface area contributed by atoms with E-state index in [4.69, 9.17) is 0 Å². The summed E-state index contributed by atoms with van der Waals surface area (Å²) in [4.78, 5) is 0. The van der Waals surface area contributed by atoms with E-state index < -0.39 is 15.3 Å². The van der Waals surface area contributed by atoms with Crippen LogP contribution in [0.25, 0.3) is 0 Å². The molecule has 4 heteroatoms. The second kappa shape index (κ2) is 3.47. The van der Waals surface area contributed by atoms with Crippen LogP contribution in [0.5, 0.6) is 0 Å². The van der Waals surface area contributed by atoms with Gasteiger partial charge in [-0.1, -0.05) is 29.8 Å². The molecule has 0 saturated heterocycles. The van der Waals surface area contributed by atoms with E-state index in [1.54, 1.807) is 18.2 Å². The summed E-state index contributed by atoms with van der Waals surface area (Å²) in [6.07, 6.45) is 1.01. The average molecular weight is 200 g/mol. The first-order valence-electron chi connectivity index (χ1n) is 3.85. The number of aliphatic hydroxyl groups is 1. The van der Waals surface area contributed by atoms with Crippen molar-refractivity contribution < 1.29 is 13.5 Å². The fourth-order valence-electron chi connectivity index (χ4n) is 1.07. The monoisotopic (exact) mass is 200 g/mol. The van der Waals surface area contributed by atoms with Gasteiger partial charge in [-0.15, -0.1) is 0 Å². The summed E-state index contributed by atoms with van der Waals surface area (Å²) in [7, 11) is -3.42. The standard InChI is InChI=1S/C9H12O3S/c1-7-4-3-5-8(6-7)9(10)13(2,11)12/h3-6,9-10H,1-2H3. The molecule has 1 aromatic rings. The van der Waals surface area contributed by atoms with Crippen LogP contribution in [0.2, 0.25) is 0 Å². The Morgan fingerprint density at radius 3 is 2.46 bits per heavy atom. The van der Waals surface area contributed by atoms with Gasteiger partial charge >= 0.3 is 0 Å². The summed E-state index contributed by atoms with van der Waals surface area (Å²) in [5.74, 6) is 0. The third-order valence-electron chi connectivity index (χ3n) is 1.73. The van der Waals surface area contributed by atoms with Crippen molar-refractivity contribution in [3.63, 3.8) is 0 Å². The van der Waals surface area contributed by atoms with Crippen LogP contribution in [0, 0.1) is 6.92 Å². The van der Waals surface area contributed by atoms with E-state index >= 15 is 0 Å². The Morgan fingerprint density at radius 1 is 1.38 bits per heavy atom. The van der Waals surface area contributed by atoms with Gasteiger partial charge in [0.15, 0.2) is 15.3 Å². The van der Waals surface area contributed by atoms with Crippen molar-refractivity contribution in [1.29, 1.82) is 0 Å². The van der Waals surface area contributed by atoms with Gasteiger partial charge in [0.2, 0.25) is 0 Å². The van der Waals surface area contributed by atoms with E-state index in [9.17, 15) is 13.5 Å². The number of rotatable bonds is 2. The van der Waals surface area contributed by atoms with Crippen molar-refractivity contribution in [2.75, 3.05) is 6.26 Å². The van der Waals surface area contributed by atoms with Gasteiger partial charge in [-0.25, -0.2) is 8.42 Å². The van der Waals surface area contributed by atoms with Crippen LogP contribution in [-0.2, 0) is 9.84 Å². The zero-order chi connectivity index (χ0) is 10.1. The molecule has 72 valence electrons. The molecule has 0 bridgehead atoms. The van der Waals surface area contributed by atoms with E-state index in [0.29, 0.717) is 5.56 Å². The maximum absolute atomic E-state index is 11.0. The van der Waals surface area contributed by atoms with E-state index in [2.05, 4.69) is 0 Å². The second-order valence-electron chi connectivity index (χ2n) is 3.10. The smallest absolute Gasteiger partial charge is 0.180 e. The largest absolute Gasteiger partial charge is 0.373 e. The van der Waals surface area contributed by atoms with Gasteiger partial charge in [0.25, 0.3) is 0 Å². The summed E-state index contributed by atoms with van der Waals surface area (Å²) in [6.45, 7) is 1.85. The van der Waals surface area contributed by atoms with Crippen LogP contribution in [-0.4, -0.2) is 19.8 Å². The molecule has 0 aromatic heterocycles. The Hall–Kier alpha value is -0.870. The van der Waals surface area contributed by atoms with Crippen LogP contribution < -0.4 is 0 Å². The molecule has 1 N–H and O–H groups in total. The molecule has 0 saturated carbocycles. The molecule has 13 heavy (non-hydrogen) atoms. The molecular formula is C9H12O3S. The molecule has 0 aliphatic rings. The second-order valence-corrected chi connectivity index (χ2v) is 5.20. The minimum absolute atomic E-state index is 0.419. The molecule has 1 unspecified atom stereocenters. The predicted molar refractivity (Wildman–Crippen MR) is 51.0 cm³/mol. The Morgan fingerprint density at radius 2 is 2.00 bits per heavy atom. The van der Waals surface area contributed by atoms with Crippen molar-refractivity contribution in [3.8, 4) is 0 Å². The third-order valence-corrected chi connectivity index (χ3v) is 2.82. The molecule has 0 aliphatic heterocycles. The van der Waals surface area contributed by atoms with Crippen molar-refractivity contribution in [3.05, 3.63) is 35.4 Å². The Balaban J connectivity index is 3.10. The van der Waals surface area contributed by atoms with E-state index in [0.717, 1.165) is 11.8 Å². The molecule has 1 aromatic carbocycles. The quantitative estimate of drug-likeness (QED) is 0.775. The summed E-state index contributed by atoms with van der Waals surface area (Å²) in [5, 5.41) is 9.39. The van der Waals surface area contributed by atoms with Gasteiger partial charge < -0.3 is 5.11 Å². The molecule has 0 amide bonds. The number of aryl methyl sites for hydroxylation is 1. The van der Waals surface area contributed by atoms with E-state index in [1.165, 1.54) is 0 Å². The lowest BCUT2D eigenvalue weighted by Gasteiger charge is -2.08. The van der Waals surface area contributed by atoms with Crippen LogP contribution in [0.1, 0.15) is 16.6 Å². The Bertz CT molecular complexity index is 395. The molecule has 0 spiro atoms. The highest BCUT2D eigenvalue weighted by Gasteiger charge is 2.18. The van der Waals surface area contributed by atoms with Gasteiger partial charge in [0.1, 0.15) is 0 Å². The molecule has 0 heterocycles. The summed E-state index contributed by atoms with van der Waals surface area (Å²) < 4.78 is 22.0. The minimum Gasteiger partial charge on any atom is -0.373 e. The number of hydrogen-bond donors (Lipinski definition) is 1. The lowest BCUT2D eigenvalue weighted by Crippen LogP contribution is -2.10. The van der Waals surface area contributed by atoms with Gasteiger partial charge in [-0.3, -0.25) is 0 Å². The summed E-state index contributed by atoms with van der Waals surface area (Å²) in [6, 6.07) is 6.82. The zero-order valence-corrected chi connectivity index (χ0v) is 8.38. The highest BCUT2D eigenvalue weighted by atomic mass is 32.2. The van der Waals surface area contributed by atoms with Crippen molar-refractivity contribution in [2.24, 2.45) is 0 Å². The van der Waals surface area contributed by atoms with Gasteiger partial charge in [-0.05, 0) is 12.5 Å². The van der Waals surface area contributed by atoms with Crippen molar-refractivity contribution in [1.82, 2.24) is 0 Å². The first kappa shape index (κ1) is 10.2. The first-order valence-corrected chi connectivity index (χ1v) is 5.80. The van der Waals surface area contributed by atoms with Crippen molar-refractivity contribution in [2.45, 2.75) is 12.4 Å². The zero-order valence-electron chi connectivity index (χ0n) is 7.56. The fourth-order valence-corrected chi connectivity index (χ4v) is 1.71. The number of hydrogen-bond acceptors (Lipinski definition) is 3. The topological polar surface area (TPSA) is 54.4 Å². The molecule has 0 fully saturated rings. The van der Waals surface area contributed by atoms with Crippen LogP contribution in [0.3, 0.4) is 0 Å². The molecular weight excluding hydrogens is 188 g/mol. The number of sulfone groups is 1. The first-order chi connectivity index (χ1) is 5.91. The third kappa shape index (κ3) is 2.54. The fraction of sp³-hybridized carbons (Fsp3) is 0.333. The van der Waals surface area contributed by atoms with Gasteiger partial charge in [-0.2, -0.15) is 0 Å². The lowest BCUT2D eigenvalue weighted by molar-refractivity contribution is 0.255. The Kier molecular flexibility index (Phi) is 2.73. The SMILES string of the molecule is Cc1cccc(C(O)S(C)(=O)=O)c1. The van der Waals surface area contributed by atoms with Crippen LogP contribution in [0.15, 0.2) is 24.3 Å². The van der Waals surface area contributed by atoms with Gasteiger partial charge in [0.05, 0.1) is 0 Å². The minimum atomic E-state index is -3.42. The average Bonchev–Trinajstić information content (AvgIpc) is 2.01. The maximum atomic E-state index is 11.0. The van der Waals surface area contributed by atoms with E-state index in [1.807, 2.05) is 13.0 Å². The summed E-state index contributed by atoms with van der Waals surface area (Å²) in [5.41, 5.74) is -0.0601. The molecule has 0 aliphatic carbocycles. The molecule has 0 radical (unpaired) electrons. The number of benzene rings is 1. The lowest BCUT2D eigenvalue weighted by atomic mass is 10.1. The van der Waals surface area contributed by atoms with Crippen molar-refractivity contribution >= 4 is 9.84 Å². The summed E-state index contributed by atoms with van der Waals surface area (Å²) >= 11 is 0. The predicted octanol–water partition coefficient (Wildman–Crippen LogP) is 1.03. The van der Waals surface area contributed by atoms with Gasteiger partial charge in [0, 0.05) is 6.26 Å². The molecule has 1 rings (SSSR count).